The Balaban J connectivity index is 0.000000136. The van der Waals surface area contributed by atoms with Crippen molar-refractivity contribution in [2.45, 2.75) is 12.8 Å². The molecule has 1 aliphatic carbocycles. The zero-order valence-corrected chi connectivity index (χ0v) is 66.9. The first kappa shape index (κ1) is 70.3. The Bertz CT molecular complexity index is 8590. The van der Waals surface area contributed by atoms with E-state index in [1.54, 1.807) is 24.8 Å². The lowest BCUT2D eigenvalue weighted by Crippen LogP contribution is -2.04. The number of nitrogens with zero attached hydrogens (tertiary/aromatic N) is 12. The number of para-hydroxylation sites is 4. The monoisotopic (exact) mass is 1580 g/mol. The number of hydrogen-bond acceptors (Lipinski definition) is 8. The Morgan fingerprint density at radius 3 is 0.952 bits per heavy atom. The van der Waals surface area contributed by atoms with Crippen LogP contribution in [-0.2, 0) is 6.42 Å². The molecule has 0 aliphatic heterocycles. The van der Waals surface area contributed by atoms with E-state index in [1.807, 2.05) is 84.9 Å². The molecule has 10 aromatic heterocycles. The maximum absolute atomic E-state index is 5.15. The second-order valence-corrected chi connectivity index (χ2v) is 32.0. The van der Waals surface area contributed by atoms with Gasteiger partial charge >= 0.3 is 0 Å². The van der Waals surface area contributed by atoms with Gasteiger partial charge in [-0.05, 0) is 246 Å². The molecule has 0 fully saturated rings. The highest BCUT2D eigenvalue weighted by atomic mass is 15.2. The summed E-state index contributed by atoms with van der Waals surface area (Å²) in [7, 11) is 0. The zero-order chi connectivity index (χ0) is 81.5. The van der Waals surface area contributed by atoms with Crippen LogP contribution in [0.1, 0.15) is 17.5 Å². The van der Waals surface area contributed by atoms with Crippen molar-refractivity contribution >= 4 is 147 Å². The van der Waals surface area contributed by atoms with Crippen LogP contribution in [0.3, 0.4) is 0 Å². The molecular formula is C112H70N12. The van der Waals surface area contributed by atoms with Crippen molar-refractivity contribution in [1.82, 2.24) is 58.1 Å². The molecule has 0 N–H and O–H groups in total. The van der Waals surface area contributed by atoms with Crippen LogP contribution in [0, 0.1) is 0 Å². The van der Waals surface area contributed by atoms with Crippen molar-refractivity contribution in [3.8, 4) is 91.1 Å². The van der Waals surface area contributed by atoms with E-state index in [4.69, 9.17) is 19.9 Å². The third-order valence-corrected chi connectivity index (χ3v) is 25.1. The number of rotatable bonds is 10. The summed E-state index contributed by atoms with van der Waals surface area (Å²) in [6.07, 6.45) is 14.0. The van der Waals surface area contributed by atoms with E-state index in [9.17, 15) is 0 Å². The molecule has 0 bridgehead atoms. The van der Waals surface area contributed by atoms with Gasteiger partial charge in [-0.1, -0.05) is 224 Å². The van der Waals surface area contributed by atoms with Crippen LogP contribution in [0.5, 0.6) is 0 Å². The quantitative estimate of drug-likeness (QED) is 0.124. The van der Waals surface area contributed by atoms with Crippen LogP contribution in [0.25, 0.3) is 238 Å². The maximum atomic E-state index is 5.15. The van der Waals surface area contributed by atoms with Crippen LogP contribution in [0.2, 0.25) is 0 Å². The van der Waals surface area contributed by atoms with Crippen LogP contribution in [0.15, 0.2) is 395 Å². The maximum Gasteiger partial charge on any atom is 0.235 e. The van der Waals surface area contributed by atoms with E-state index in [0.29, 0.717) is 11.9 Å². The van der Waals surface area contributed by atoms with Gasteiger partial charge in [0.25, 0.3) is 0 Å². The summed E-state index contributed by atoms with van der Waals surface area (Å²) < 4.78 is 9.24. The summed E-state index contributed by atoms with van der Waals surface area (Å²) in [5, 5.41) is 22.3. The number of allylic oxidation sites excluding steroid dienone is 1. The molecular weight excluding hydrogens is 1510 g/mol. The van der Waals surface area contributed by atoms with Gasteiger partial charge in [0.2, 0.25) is 11.9 Å². The molecule has 0 saturated carbocycles. The highest BCUT2D eigenvalue weighted by Crippen LogP contribution is 2.46. The van der Waals surface area contributed by atoms with E-state index in [2.05, 4.69) is 329 Å². The van der Waals surface area contributed by atoms with E-state index < -0.39 is 0 Å². The molecule has 12 heteroatoms. The lowest BCUT2D eigenvalue weighted by Gasteiger charge is -2.19. The van der Waals surface area contributed by atoms with Gasteiger partial charge < -0.3 is 9.13 Å². The normalized spacial score (nSPS) is 12.3. The lowest BCUT2D eigenvalue weighted by molar-refractivity contribution is 0.988. The van der Waals surface area contributed by atoms with Crippen molar-refractivity contribution in [1.29, 1.82) is 0 Å². The average Bonchev–Trinajstić information content (AvgIpc) is 1.51. The summed E-state index contributed by atoms with van der Waals surface area (Å²) in [6, 6.07) is 130. The highest BCUT2D eigenvalue weighted by Gasteiger charge is 2.26. The topological polar surface area (TPSA) is 123 Å². The third-order valence-electron chi connectivity index (χ3n) is 25.1. The molecule has 0 atom stereocenters. The van der Waals surface area contributed by atoms with Gasteiger partial charge in [-0.25, -0.2) is 19.9 Å². The second kappa shape index (κ2) is 28.5. The first-order valence-electron chi connectivity index (χ1n) is 42.1. The Morgan fingerprint density at radius 2 is 0.532 bits per heavy atom. The predicted molar refractivity (Wildman–Crippen MR) is 510 cm³/mol. The molecule has 0 saturated heterocycles. The van der Waals surface area contributed by atoms with E-state index in [0.717, 1.165) is 124 Å². The number of aromatic nitrogens is 12. The Kier molecular flexibility index (Phi) is 16.2. The molecule has 25 aromatic rings. The van der Waals surface area contributed by atoms with Crippen LogP contribution >= 0.6 is 0 Å². The minimum Gasteiger partial charge on any atom is -0.309 e. The molecule has 0 amide bonds. The van der Waals surface area contributed by atoms with Gasteiger partial charge in [-0.3, -0.25) is 29.1 Å². The smallest absolute Gasteiger partial charge is 0.235 e. The van der Waals surface area contributed by atoms with Crippen LogP contribution in [-0.4, -0.2) is 58.1 Å². The highest BCUT2D eigenvalue weighted by molar-refractivity contribution is 6.28. The van der Waals surface area contributed by atoms with Gasteiger partial charge in [-0.15, -0.1) is 0 Å². The SMILES string of the molecule is C1=Cc2c(c3ccccc3c3ccc(-n4c5ccccc5c5cc(-c6ccc7c(c6)c6ccccc6n7-c6nc(-c7ccccn7)cc(-c7ccccn7)n6)ccc54)cc23)CC1.c1ccc(-c2cc(-c3ccccn3)nc(-n3c4ccccc4c4cc(-c5ccc6c(c5)c5ccccc5n6-c5cccc6c7ccccc7c7ccccc7c56)ccc43)n2)nc1. The minimum absolute atomic E-state index is 0.566. The Morgan fingerprint density at radius 1 is 0.210 bits per heavy atom. The summed E-state index contributed by atoms with van der Waals surface area (Å²) >= 11 is 0. The molecule has 578 valence electrons. The summed E-state index contributed by atoms with van der Waals surface area (Å²) in [5.74, 6) is 1.14. The Labute approximate surface area is 710 Å². The second-order valence-electron chi connectivity index (χ2n) is 32.0. The fraction of sp³-hybridized carbons (Fsp3) is 0.0179. The predicted octanol–water partition coefficient (Wildman–Crippen LogP) is 27.6. The largest absolute Gasteiger partial charge is 0.309 e. The summed E-state index contributed by atoms with van der Waals surface area (Å²) in [5.41, 5.74) is 24.6. The molecule has 15 aromatic carbocycles. The van der Waals surface area contributed by atoms with Gasteiger partial charge in [0, 0.05) is 79.0 Å². The fourth-order valence-corrected chi connectivity index (χ4v) is 19.7. The third kappa shape index (κ3) is 11.3. The summed E-state index contributed by atoms with van der Waals surface area (Å²) in [6.45, 7) is 0. The molecule has 0 unspecified atom stereocenters. The van der Waals surface area contributed by atoms with Crippen molar-refractivity contribution in [3.05, 3.63) is 406 Å². The van der Waals surface area contributed by atoms with Gasteiger partial charge in [0.1, 0.15) is 0 Å². The van der Waals surface area contributed by atoms with Crippen molar-refractivity contribution in [2.75, 3.05) is 0 Å². The molecule has 10 heterocycles. The minimum atomic E-state index is 0.566. The molecule has 26 rings (SSSR count). The average molecular weight is 1580 g/mol. The van der Waals surface area contributed by atoms with Gasteiger partial charge in [0.15, 0.2) is 0 Å². The van der Waals surface area contributed by atoms with Crippen molar-refractivity contribution < 1.29 is 0 Å². The first-order valence-corrected chi connectivity index (χ1v) is 42.1. The first-order chi connectivity index (χ1) is 61.5. The van der Waals surface area contributed by atoms with E-state index in [-0.39, 0.29) is 0 Å². The summed E-state index contributed by atoms with van der Waals surface area (Å²) in [4.78, 5) is 39.2. The number of pyridine rings is 4. The lowest BCUT2D eigenvalue weighted by atomic mass is 9.86. The number of aryl methyl sites for hydroxylation is 1. The zero-order valence-electron chi connectivity index (χ0n) is 66.9. The van der Waals surface area contributed by atoms with E-state index in [1.165, 1.54) is 120 Å². The standard InChI is InChI=1S/C56H34N6.C56H36N6/c1-2-15-39-37(14-1)38-16-3-4-19-42(38)55-43(39)20-13-25-54(55)61-50-23-7-5-17-40(50)44-32-35(26-28-52(44)61)36-27-29-53-45(33-36)41-18-6-8-24-51(41)62(53)56-59-48(46-21-9-11-30-57-46)34-49(60-56)47-22-10-12-31-58-47;1-2-15-40-38(13-1)39-14-3-4-16-41(39)45-33-37(25-26-42(40)45)61-52-21-7-5-17-43(52)46-31-35(23-27-54(46)61)36-24-28-55-47(32-36)44-18-6-8-22-53(44)62(55)56-59-50(48-19-9-11-29-57-48)34-51(60-56)49-20-10-12-30-58-49/h1-34H;1-2,4-13,15-34H,3,14H2. The van der Waals surface area contributed by atoms with Crippen LogP contribution < -0.4 is 0 Å². The molecule has 12 nitrogen and oxygen atoms in total. The van der Waals surface area contributed by atoms with Crippen molar-refractivity contribution in [3.63, 3.8) is 0 Å². The molecule has 0 radical (unpaired) electrons. The fourth-order valence-electron chi connectivity index (χ4n) is 19.7. The van der Waals surface area contributed by atoms with Crippen LogP contribution in [0.4, 0.5) is 0 Å². The van der Waals surface area contributed by atoms with Gasteiger partial charge in [-0.2, -0.15) is 0 Å². The van der Waals surface area contributed by atoms with Gasteiger partial charge in [0.05, 0.1) is 95.4 Å². The van der Waals surface area contributed by atoms with E-state index >= 15 is 0 Å². The van der Waals surface area contributed by atoms with Crippen molar-refractivity contribution in [2.24, 2.45) is 0 Å². The Hall–Kier alpha value is -16.7. The molecule has 1 aliphatic rings. The molecule has 0 spiro atoms. The molecule has 124 heavy (non-hydrogen) atoms. The number of fused-ring (bicyclic) bond motifs is 24. The number of benzene rings is 15. The number of hydrogen-bond donors (Lipinski definition) is 0.